The lowest BCUT2D eigenvalue weighted by molar-refractivity contribution is 0.0375. The van der Waals surface area contributed by atoms with E-state index < -0.39 is 0 Å². The van der Waals surface area contributed by atoms with E-state index in [2.05, 4.69) is 15.5 Å². The van der Waals surface area contributed by atoms with E-state index in [0.717, 1.165) is 78.4 Å². The average Bonchev–Trinajstić information content (AvgIpc) is 2.52. The first-order chi connectivity index (χ1) is 9.84. The fraction of sp³-hybridized carbons (Fsp3) is 0.929. The molecule has 2 saturated heterocycles. The highest BCUT2D eigenvalue weighted by Crippen LogP contribution is 2.12. The Kier molecular flexibility index (Phi) is 7.11. The molecule has 0 saturated carbocycles. The van der Waals surface area contributed by atoms with Crippen LogP contribution in [0.5, 0.6) is 0 Å². The van der Waals surface area contributed by atoms with Gasteiger partial charge in [-0.3, -0.25) is 4.90 Å². The van der Waals surface area contributed by atoms with Crippen LogP contribution < -0.4 is 10.6 Å². The maximum atomic E-state index is 11.6. The van der Waals surface area contributed by atoms with Crippen LogP contribution >= 0.6 is 0 Å². The Labute approximate surface area is 121 Å². The fourth-order valence-electron chi connectivity index (χ4n) is 2.58. The number of nitrogens with one attached hydrogen (secondary N) is 2. The molecule has 2 amide bonds. The summed E-state index contributed by atoms with van der Waals surface area (Å²) in [5.74, 6) is 0.572. The van der Waals surface area contributed by atoms with Crippen molar-refractivity contribution in [2.75, 3.05) is 59.2 Å². The maximum absolute atomic E-state index is 11.6. The van der Waals surface area contributed by atoms with E-state index in [1.807, 2.05) is 0 Å². The molecule has 2 fully saturated rings. The normalized spacial score (nSPS) is 21.6. The summed E-state index contributed by atoms with van der Waals surface area (Å²) in [6.07, 6.45) is 3.10. The first kappa shape index (κ1) is 15.5. The van der Waals surface area contributed by atoms with Crippen LogP contribution in [0.3, 0.4) is 0 Å². The molecule has 2 aliphatic rings. The zero-order chi connectivity index (χ0) is 14.0. The van der Waals surface area contributed by atoms with Crippen molar-refractivity contribution in [2.45, 2.75) is 19.3 Å². The van der Waals surface area contributed by atoms with Gasteiger partial charge in [-0.2, -0.15) is 0 Å². The van der Waals surface area contributed by atoms with Crippen molar-refractivity contribution in [1.82, 2.24) is 15.5 Å². The van der Waals surface area contributed by atoms with Crippen LogP contribution in [-0.2, 0) is 9.47 Å². The molecule has 20 heavy (non-hydrogen) atoms. The van der Waals surface area contributed by atoms with Gasteiger partial charge >= 0.3 is 6.03 Å². The lowest BCUT2D eigenvalue weighted by Gasteiger charge is -2.26. The number of morpholine rings is 1. The van der Waals surface area contributed by atoms with Crippen LogP contribution in [0, 0.1) is 5.92 Å². The van der Waals surface area contributed by atoms with Gasteiger partial charge in [-0.25, -0.2) is 4.79 Å². The molecule has 0 atom stereocenters. The molecule has 116 valence electrons. The molecule has 0 aliphatic carbocycles. The molecule has 6 heteroatoms. The van der Waals surface area contributed by atoms with Crippen molar-refractivity contribution in [1.29, 1.82) is 0 Å². The van der Waals surface area contributed by atoms with Gasteiger partial charge in [0.2, 0.25) is 0 Å². The number of hydrogen-bond donors (Lipinski definition) is 2. The molecule has 0 aromatic rings. The van der Waals surface area contributed by atoms with Crippen LogP contribution in [0.2, 0.25) is 0 Å². The summed E-state index contributed by atoms with van der Waals surface area (Å²) >= 11 is 0. The number of amides is 2. The van der Waals surface area contributed by atoms with E-state index in [9.17, 15) is 4.79 Å². The van der Waals surface area contributed by atoms with Crippen molar-refractivity contribution in [3.8, 4) is 0 Å². The fourth-order valence-corrected chi connectivity index (χ4v) is 2.58. The Morgan fingerprint density at radius 1 is 1.05 bits per heavy atom. The summed E-state index contributed by atoms with van der Waals surface area (Å²) in [5.41, 5.74) is 0. The molecule has 0 spiro atoms. The second kappa shape index (κ2) is 9.15. The van der Waals surface area contributed by atoms with Crippen LogP contribution in [0.4, 0.5) is 4.79 Å². The molecule has 6 nitrogen and oxygen atoms in total. The summed E-state index contributed by atoms with van der Waals surface area (Å²) in [5, 5.41) is 5.87. The number of nitrogens with zero attached hydrogens (tertiary/aromatic N) is 1. The van der Waals surface area contributed by atoms with Gasteiger partial charge in [-0.05, 0) is 31.7 Å². The summed E-state index contributed by atoms with van der Waals surface area (Å²) in [6.45, 7) is 7.87. The quantitative estimate of drug-likeness (QED) is 0.695. The van der Waals surface area contributed by atoms with Crippen molar-refractivity contribution in [3.63, 3.8) is 0 Å². The van der Waals surface area contributed by atoms with Gasteiger partial charge in [-0.15, -0.1) is 0 Å². The van der Waals surface area contributed by atoms with Crippen molar-refractivity contribution < 1.29 is 14.3 Å². The highest BCUT2D eigenvalue weighted by molar-refractivity contribution is 5.73. The van der Waals surface area contributed by atoms with E-state index >= 15 is 0 Å². The third kappa shape index (κ3) is 6.07. The average molecular weight is 285 g/mol. The van der Waals surface area contributed by atoms with Gasteiger partial charge < -0.3 is 20.1 Å². The molecule has 0 aromatic heterocycles. The maximum Gasteiger partial charge on any atom is 0.314 e. The number of carbonyl (C=O) groups is 1. The number of carbonyl (C=O) groups excluding carboxylic acids is 1. The third-order valence-electron chi connectivity index (χ3n) is 3.93. The van der Waals surface area contributed by atoms with E-state index in [1.165, 1.54) is 0 Å². The van der Waals surface area contributed by atoms with Crippen molar-refractivity contribution >= 4 is 6.03 Å². The Morgan fingerprint density at radius 3 is 2.50 bits per heavy atom. The molecular weight excluding hydrogens is 258 g/mol. The number of hydrogen-bond acceptors (Lipinski definition) is 4. The third-order valence-corrected chi connectivity index (χ3v) is 3.93. The topological polar surface area (TPSA) is 62.8 Å². The summed E-state index contributed by atoms with van der Waals surface area (Å²) < 4.78 is 10.6. The van der Waals surface area contributed by atoms with Gasteiger partial charge in [0.15, 0.2) is 0 Å². The number of rotatable bonds is 6. The Balaban J connectivity index is 1.45. The summed E-state index contributed by atoms with van der Waals surface area (Å²) in [6, 6.07) is -0.0431. The van der Waals surface area contributed by atoms with Gasteiger partial charge in [0, 0.05) is 39.4 Å². The van der Waals surface area contributed by atoms with Crippen molar-refractivity contribution in [2.24, 2.45) is 5.92 Å². The smallest absolute Gasteiger partial charge is 0.314 e. The largest absolute Gasteiger partial charge is 0.381 e. The second-order valence-corrected chi connectivity index (χ2v) is 5.50. The van der Waals surface area contributed by atoms with Gasteiger partial charge in [0.25, 0.3) is 0 Å². The minimum atomic E-state index is -0.0431. The van der Waals surface area contributed by atoms with Crippen LogP contribution in [0.1, 0.15) is 19.3 Å². The molecule has 0 bridgehead atoms. The summed E-state index contributed by atoms with van der Waals surface area (Å²) in [4.78, 5) is 14.0. The minimum Gasteiger partial charge on any atom is -0.381 e. The van der Waals surface area contributed by atoms with Crippen LogP contribution in [0.25, 0.3) is 0 Å². The zero-order valence-corrected chi connectivity index (χ0v) is 12.2. The molecule has 2 rings (SSSR count). The molecule has 2 heterocycles. The minimum absolute atomic E-state index is 0.0431. The molecule has 0 radical (unpaired) electrons. The lowest BCUT2D eigenvalue weighted by Crippen LogP contribution is -2.41. The molecule has 0 unspecified atom stereocenters. The number of ether oxygens (including phenoxy) is 2. The first-order valence-electron chi connectivity index (χ1n) is 7.74. The summed E-state index contributed by atoms with van der Waals surface area (Å²) in [7, 11) is 0. The number of urea groups is 1. The van der Waals surface area contributed by atoms with E-state index in [-0.39, 0.29) is 6.03 Å². The Morgan fingerprint density at radius 2 is 1.75 bits per heavy atom. The van der Waals surface area contributed by atoms with E-state index in [4.69, 9.17) is 9.47 Å². The second-order valence-electron chi connectivity index (χ2n) is 5.50. The molecule has 2 N–H and O–H groups in total. The van der Waals surface area contributed by atoms with Gasteiger partial charge in [0.1, 0.15) is 0 Å². The van der Waals surface area contributed by atoms with Crippen LogP contribution in [-0.4, -0.2) is 70.1 Å². The van der Waals surface area contributed by atoms with E-state index in [1.54, 1.807) is 0 Å². The molecule has 2 aliphatic heterocycles. The lowest BCUT2D eigenvalue weighted by atomic mass is 10.0. The Hall–Kier alpha value is -0.850. The Bertz CT molecular complexity index is 277. The first-order valence-corrected chi connectivity index (χ1v) is 7.74. The standard InChI is InChI=1S/C14H27N3O3/c18-14(16-12-13-2-8-19-9-3-13)15-4-1-5-17-6-10-20-11-7-17/h13H,1-12H2,(H2,15,16,18). The predicted octanol–water partition coefficient (Wildman–Crippen LogP) is 0.435. The van der Waals surface area contributed by atoms with E-state index in [0.29, 0.717) is 5.92 Å². The predicted molar refractivity (Wildman–Crippen MR) is 76.8 cm³/mol. The zero-order valence-electron chi connectivity index (χ0n) is 12.2. The SMILES string of the molecule is O=C(NCCCN1CCOCC1)NCC1CCOCC1. The monoisotopic (exact) mass is 285 g/mol. The van der Waals surface area contributed by atoms with Crippen molar-refractivity contribution in [3.05, 3.63) is 0 Å². The molecular formula is C14H27N3O3. The highest BCUT2D eigenvalue weighted by Gasteiger charge is 2.14. The molecule has 0 aromatic carbocycles. The van der Waals surface area contributed by atoms with Gasteiger partial charge in [-0.1, -0.05) is 0 Å². The highest BCUT2D eigenvalue weighted by atomic mass is 16.5. The van der Waals surface area contributed by atoms with Gasteiger partial charge in [0.05, 0.1) is 13.2 Å². The van der Waals surface area contributed by atoms with Crippen LogP contribution in [0.15, 0.2) is 0 Å².